The molecule has 0 aliphatic heterocycles. The third-order valence-corrected chi connectivity index (χ3v) is 1.95. The van der Waals surface area contributed by atoms with Gasteiger partial charge in [0.2, 0.25) is 0 Å². The Bertz CT molecular complexity index is 154. The van der Waals surface area contributed by atoms with Crippen LogP contribution in [-0.2, 0) is 9.53 Å². The Morgan fingerprint density at radius 3 is 2.31 bits per heavy atom. The molecule has 0 aliphatic carbocycles. The van der Waals surface area contributed by atoms with Crippen LogP contribution < -0.4 is 0 Å². The van der Waals surface area contributed by atoms with Crippen LogP contribution in [0.15, 0.2) is 0 Å². The molecule has 3 heteroatoms. The lowest BCUT2D eigenvalue weighted by molar-refractivity contribution is -0.158. The zero-order valence-electron chi connectivity index (χ0n) is 8.91. The van der Waals surface area contributed by atoms with Gasteiger partial charge >= 0.3 is 5.97 Å². The average molecular weight is 188 g/mol. The van der Waals surface area contributed by atoms with Gasteiger partial charge in [0.05, 0.1) is 6.10 Å². The summed E-state index contributed by atoms with van der Waals surface area (Å²) >= 11 is 0. The summed E-state index contributed by atoms with van der Waals surface area (Å²) in [5.41, 5.74) is 0. The maximum Gasteiger partial charge on any atom is 0.335 e. The van der Waals surface area contributed by atoms with E-state index in [9.17, 15) is 9.90 Å². The molecule has 0 aromatic rings. The first-order chi connectivity index (χ1) is 5.97. The summed E-state index contributed by atoms with van der Waals surface area (Å²) in [5, 5.41) is 9.39. The summed E-state index contributed by atoms with van der Waals surface area (Å²) < 4.78 is 4.87. The lowest BCUT2D eigenvalue weighted by Gasteiger charge is -2.15. The van der Waals surface area contributed by atoms with Crippen LogP contribution >= 0.6 is 0 Å². The first-order valence-electron chi connectivity index (χ1n) is 4.85. The van der Waals surface area contributed by atoms with Crippen molar-refractivity contribution in [2.75, 3.05) is 0 Å². The molecule has 0 saturated heterocycles. The number of hydrogen-bond donors (Lipinski definition) is 1. The third kappa shape index (κ3) is 5.64. The van der Waals surface area contributed by atoms with Crippen molar-refractivity contribution in [2.24, 2.45) is 5.92 Å². The van der Waals surface area contributed by atoms with Gasteiger partial charge in [-0.1, -0.05) is 20.3 Å². The maximum atomic E-state index is 11.1. The van der Waals surface area contributed by atoms with Crippen molar-refractivity contribution in [3.05, 3.63) is 0 Å². The zero-order valence-corrected chi connectivity index (χ0v) is 8.91. The van der Waals surface area contributed by atoms with Crippen molar-refractivity contribution in [1.82, 2.24) is 0 Å². The molecule has 0 bridgehead atoms. The lowest BCUT2D eigenvalue weighted by Crippen LogP contribution is -2.27. The smallest absolute Gasteiger partial charge is 0.335 e. The molecule has 0 spiro atoms. The molecular formula is C10H20O3. The van der Waals surface area contributed by atoms with Crippen molar-refractivity contribution in [3.8, 4) is 0 Å². The Balaban J connectivity index is 3.82. The highest BCUT2D eigenvalue weighted by atomic mass is 16.6. The molecule has 0 fully saturated rings. The summed E-state index contributed by atoms with van der Waals surface area (Å²) in [6.07, 6.45) is 0.338. The first kappa shape index (κ1) is 12.4. The molecule has 0 heterocycles. The quantitative estimate of drug-likeness (QED) is 0.668. The van der Waals surface area contributed by atoms with Crippen LogP contribution in [0.4, 0.5) is 0 Å². The average Bonchev–Trinajstić information content (AvgIpc) is 2.02. The SMILES string of the molecule is CCC(C)CC(O)C(=O)OC(C)C. The van der Waals surface area contributed by atoms with E-state index in [1.807, 2.05) is 13.8 Å². The van der Waals surface area contributed by atoms with Gasteiger partial charge in [-0.25, -0.2) is 4.79 Å². The van der Waals surface area contributed by atoms with Gasteiger partial charge in [0.25, 0.3) is 0 Å². The van der Waals surface area contributed by atoms with Crippen LogP contribution in [0.1, 0.15) is 40.5 Å². The van der Waals surface area contributed by atoms with Crippen LogP contribution in [0.25, 0.3) is 0 Å². The molecule has 0 saturated carbocycles. The summed E-state index contributed by atoms with van der Waals surface area (Å²) in [4.78, 5) is 11.1. The van der Waals surface area contributed by atoms with Crippen molar-refractivity contribution < 1.29 is 14.6 Å². The predicted octanol–water partition coefficient (Wildman–Crippen LogP) is 1.74. The second kappa shape index (κ2) is 5.97. The Hall–Kier alpha value is -0.570. The van der Waals surface area contributed by atoms with E-state index in [1.54, 1.807) is 13.8 Å². The van der Waals surface area contributed by atoms with Gasteiger partial charge in [-0.2, -0.15) is 0 Å². The minimum absolute atomic E-state index is 0.154. The highest BCUT2D eigenvalue weighted by Crippen LogP contribution is 2.11. The topological polar surface area (TPSA) is 46.5 Å². The number of rotatable bonds is 5. The van der Waals surface area contributed by atoms with Gasteiger partial charge < -0.3 is 9.84 Å². The number of hydrogen-bond acceptors (Lipinski definition) is 3. The van der Waals surface area contributed by atoms with Crippen molar-refractivity contribution >= 4 is 5.97 Å². The van der Waals surface area contributed by atoms with E-state index >= 15 is 0 Å². The van der Waals surface area contributed by atoms with E-state index in [1.165, 1.54) is 0 Å². The molecule has 78 valence electrons. The Kier molecular flexibility index (Phi) is 5.71. The van der Waals surface area contributed by atoms with Gasteiger partial charge in [0.1, 0.15) is 0 Å². The number of esters is 1. The van der Waals surface area contributed by atoms with Crippen molar-refractivity contribution in [2.45, 2.75) is 52.7 Å². The molecule has 0 amide bonds. The monoisotopic (exact) mass is 188 g/mol. The van der Waals surface area contributed by atoms with Crippen molar-refractivity contribution in [3.63, 3.8) is 0 Å². The number of aliphatic hydroxyl groups is 1. The predicted molar refractivity (Wildman–Crippen MR) is 51.3 cm³/mol. The number of carbonyl (C=O) groups is 1. The van der Waals surface area contributed by atoms with Gasteiger partial charge in [0.15, 0.2) is 6.10 Å². The van der Waals surface area contributed by atoms with Crippen LogP contribution in [0.2, 0.25) is 0 Å². The fourth-order valence-corrected chi connectivity index (χ4v) is 0.955. The Morgan fingerprint density at radius 2 is 1.92 bits per heavy atom. The van der Waals surface area contributed by atoms with Gasteiger partial charge in [-0.3, -0.25) is 0 Å². The van der Waals surface area contributed by atoms with E-state index < -0.39 is 12.1 Å². The summed E-state index contributed by atoms with van der Waals surface area (Å²) in [5.74, 6) is -0.148. The number of carbonyl (C=O) groups excluding carboxylic acids is 1. The second-order valence-corrected chi connectivity index (χ2v) is 3.75. The zero-order chi connectivity index (χ0) is 10.4. The van der Waals surface area contributed by atoms with E-state index in [-0.39, 0.29) is 6.10 Å². The van der Waals surface area contributed by atoms with Crippen molar-refractivity contribution in [1.29, 1.82) is 0 Å². The molecule has 2 unspecified atom stereocenters. The highest BCUT2D eigenvalue weighted by Gasteiger charge is 2.19. The Labute approximate surface area is 80.1 Å². The molecule has 0 aromatic heterocycles. The molecule has 0 aromatic carbocycles. The molecule has 3 nitrogen and oxygen atoms in total. The molecule has 1 N–H and O–H groups in total. The third-order valence-electron chi connectivity index (χ3n) is 1.95. The van der Waals surface area contributed by atoms with Crippen LogP contribution in [0, 0.1) is 5.92 Å². The lowest BCUT2D eigenvalue weighted by atomic mass is 10.0. The normalized spacial score (nSPS) is 15.5. The Morgan fingerprint density at radius 1 is 1.38 bits per heavy atom. The van der Waals surface area contributed by atoms with E-state index in [4.69, 9.17) is 4.74 Å². The van der Waals surface area contributed by atoms with E-state index in [0.29, 0.717) is 12.3 Å². The van der Waals surface area contributed by atoms with Crippen LogP contribution in [0.3, 0.4) is 0 Å². The summed E-state index contributed by atoms with van der Waals surface area (Å²) in [6, 6.07) is 0. The van der Waals surface area contributed by atoms with Gasteiger partial charge in [-0.15, -0.1) is 0 Å². The standard InChI is InChI=1S/C10H20O3/c1-5-8(4)6-9(11)10(12)13-7(2)3/h7-9,11H,5-6H2,1-4H3. The van der Waals surface area contributed by atoms with Crippen LogP contribution in [-0.4, -0.2) is 23.3 Å². The van der Waals surface area contributed by atoms with E-state index in [2.05, 4.69) is 0 Å². The molecule has 0 rings (SSSR count). The fourth-order valence-electron chi connectivity index (χ4n) is 0.955. The molecular weight excluding hydrogens is 168 g/mol. The minimum Gasteiger partial charge on any atom is -0.461 e. The number of ether oxygens (including phenoxy) is 1. The second-order valence-electron chi connectivity index (χ2n) is 3.75. The maximum absolute atomic E-state index is 11.1. The van der Waals surface area contributed by atoms with Gasteiger partial charge in [-0.05, 0) is 26.2 Å². The largest absolute Gasteiger partial charge is 0.461 e. The first-order valence-corrected chi connectivity index (χ1v) is 4.85. The summed E-state index contributed by atoms with van der Waals surface area (Å²) in [6.45, 7) is 7.58. The minimum atomic E-state index is -0.961. The molecule has 2 atom stereocenters. The van der Waals surface area contributed by atoms with E-state index in [0.717, 1.165) is 6.42 Å². The fraction of sp³-hybridized carbons (Fsp3) is 0.900. The van der Waals surface area contributed by atoms with Gasteiger partial charge in [0, 0.05) is 0 Å². The van der Waals surface area contributed by atoms with Crippen LogP contribution in [0.5, 0.6) is 0 Å². The molecule has 13 heavy (non-hydrogen) atoms. The summed E-state index contributed by atoms with van der Waals surface area (Å²) in [7, 11) is 0. The number of aliphatic hydroxyl groups excluding tert-OH is 1. The highest BCUT2D eigenvalue weighted by molar-refractivity contribution is 5.74. The molecule has 0 aliphatic rings. The molecule has 0 radical (unpaired) electrons.